The minimum atomic E-state index is -0.504. The fourth-order valence-corrected chi connectivity index (χ4v) is 2.31. The van der Waals surface area contributed by atoms with E-state index in [1.165, 1.54) is 16.8 Å². The molecule has 7 heteroatoms. The van der Waals surface area contributed by atoms with Crippen molar-refractivity contribution < 1.29 is 9.53 Å². The Morgan fingerprint density at radius 2 is 2.14 bits per heavy atom. The van der Waals surface area contributed by atoms with Crippen LogP contribution in [0.3, 0.4) is 0 Å². The van der Waals surface area contributed by atoms with Crippen LogP contribution < -0.4 is 5.32 Å². The molecule has 104 valence electrons. The van der Waals surface area contributed by atoms with Crippen molar-refractivity contribution in [2.75, 3.05) is 11.9 Å². The molecule has 1 heterocycles. The molecule has 0 spiro atoms. The molecule has 0 amide bonds. The molecule has 0 atom stereocenters. The van der Waals surface area contributed by atoms with E-state index in [-0.39, 0.29) is 17.9 Å². The second-order valence-corrected chi connectivity index (χ2v) is 4.71. The highest BCUT2D eigenvalue weighted by Crippen LogP contribution is 2.26. The summed E-state index contributed by atoms with van der Waals surface area (Å²) in [4.78, 5) is 15.7. The van der Waals surface area contributed by atoms with Crippen molar-refractivity contribution in [3.8, 4) is 12.1 Å². The average molecular weight is 298 g/mol. The van der Waals surface area contributed by atoms with Gasteiger partial charge in [-0.3, -0.25) is 0 Å². The number of esters is 1. The second-order valence-electron chi connectivity index (χ2n) is 3.86. The molecular weight excluding hydrogens is 288 g/mol. The maximum Gasteiger partial charge on any atom is 0.360 e. The van der Waals surface area contributed by atoms with E-state index in [0.717, 1.165) is 0 Å². The fraction of sp³-hybridized carbons (Fsp3) is 0.143. The van der Waals surface area contributed by atoms with Crippen molar-refractivity contribution >= 4 is 28.0 Å². The van der Waals surface area contributed by atoms with Crippen molar-refractivity contribution in [2.45, 2.75) is 6.92 Å². The number of nitriles is 2. The maximum atomic E-state index is 11.7. The van der Waals surface area contributed by atoms with Gasteiger partial charge in [0.1, 0.15) is 17.1 Å². The van der Waals surface area contributed by atoms with Gasteiger partial charge in [0.25, 0.3) is 0 Å². The van der Waals surface area contributed by atoms with E-state index >= 15 is 0 Å². The number of aromatic nitrogens is 1. The monoisotopic (exact) mass is 298 g/mol. The molecule has 1 N–H and O–H groups in total. The van der Waals surface area contributed by atoms with E-state index in [9.17, 15) is 4.79 Å². The van der Waals surface area contributed by atoms with Gasteiger partial charge in [-0.1, -0.05) is 0 Å². The predicted molar refractivity (Wildman–Crippen MR) is 77.2 cm³/mol. The molecule has 0 fully saturated rings. The number of carbonyl (C=O) groups is 1. The van der Waals surface area contributed by atoms with E-state index in [4.69, 9.17) is 15.3 Å². The summed E-state index contributed by atoms with van der Waals surface area (Å²) in [6, 6.07) is 8.66. The SMILES string of the molecule is CCOC(=O)c1ncsc1Nc1ccc(C#N)c(C#N)c1. The summed E-state index contributed by atoms with van der Waals surface area (Å²) in [6.45, 7) is 1.99. The van der Waals surface area contributed by atoms with Gasteiger partial charge < -0.3 is 10.1 Å². The van der Waals surface area contributed by atoms with Crippen LogP contribution in [0.1, 0.15) is 28.5 Å². The molecule has 0 saturated heterocycles. The smallest absolute Gasteiger partial charge is 0.360 e. The van der Waals surface area contributed by atoms with Crippen molar-refractivity contribution in [1.82, 2.24) is 4.98 Å². The summed E-state index contributed by atoms with van der Waals surface area (Å²) in [5.74, 6) is -0.504. The quantitative estimate of drug-likeness (QED) is 0.871. The van der Waals surface area contributed by atoms with Crippen molar-refractivity contribution in [3.63, 3.8) is 0 Å². The fourth-order valence-electron chi connectivity index (χ4n) is 1.62. The van der Waals surface area contributed by atoms with Crippen molar-refractivity contribution in [3.05, 3.63) is 40.5 Å². The highest BCUT2D eigenvalue weighted by Gasteiger charge is 2.16. The van der Waals surface area contributed by atoms with Gasteiger partial charge in [0, 0.05) is 5.69 Å². The van der Waals surface area contributed by atoms with Gasteiger partial charge in [-0.05, 0) is 25.1 Å². The first kappa shape index (κ1) is 14.5. The Labute approximate surface area is 125 Å². The van der Waals surface area contributed by atoms with Crippen LogP contribution in [0.15, 0.2) is 23.7 Å². The lowest BCUT2D eigenvalue weighted by Crippen LogP contribution is -2.07. The van der Waals surface area contributed by atoms with Crippen LogP contribution in [0.2, 0.25) is 0 Å². The molecule has 6 nitrogen and oxygen atoms in total. The number of carbonyl (C=O) groups excluding carboxylic acids is 1. The van der Waals surface area contributed by atoms with Gasteiger partial charge in [0.15, 0.2) is 5.69 Å². The Hall–Kier alpha value is -2.90. The maximum absolute atomic E-state index is 11.7. The van der Waals surface area contributed by atoms with Crippen molar-refractivity contribution in [2.24, 2.45) is 0 Å². The summed E-state index contributed by atoms with van der Waals surface area (Å²) >= 11 is 1.25. The summed E-state index contributed by atoms with van der Waals surface area (Å²) in [7, 11) is 0. The summed E-state index contributed by atoms with van der Waals surface area (Å²) < 4.78 is 4.92. The molecule has 21 heavy (non-hydrogen) atoms. The van der Waals surface area contributed by atoms with Crippen LogP contribution in [0.4, 0.5) is 10.7 Å². The zero-order valence-corrected chi connectivity index (χ0v) is 11.9. The van der Waals surface area contributed by atoms with Gasteiger partial charge in [0.05, 0.1) is 23.2 Å². The average Bonchev–Trinajstić information content (AvgIpc) is 2.95. The van der Waals surface area contributed by atoms with E-state index in [0.29, 0.717) is 16.3 Å². The lowest BCUT2D eigenvalue weighted by Gasteiger charge is -2.06. The first-order valence-corrected chi connectivity index (χ1v) is 6.89. The molecule has 0 bridgehead atoms. The predicted octanol–water partition coefficient (Wildman–Crippen LogP) is 2.81. The van der Waals surface area contributed by atoms with Gasteiger partial charge in [-0.25, -0.2) is 9.78 Å². The largest absolute Gasteiger partial charge is 0.461 e. The Morgan fingerprint density at radius 3 is 2.81 bits per heavy atom. The lowest BCUT2D eigenvalue weighted by molar-refractivity contribution is 0.0521. The number of anilines is 2. The summed E-state index contributed by atoms with van der Waals surface area (Å²) in [6.07, 6.45) is 0. The van der Waals surface area contributed by atoms with Crippen LogP contribution >= 0.6 is 11.3 Å². The van der Waals surface area contributed by atoms with Gasteiger partial charge in [0.2, 0.25) is 0 Å². The molecule has 1 aromatic heterocycles. The van der Waals surface area contributed by atoms with Crippen LogP contribution in [-0.2, 0) is 4.74 Å². The molecule has 0 aliphatic carbocycles. The zero-order valence-electron chi connectivity index (χ0n) is 11.1. The molecule has 0 radical (unpaired) electrons. The Bertz CT molecular complexity index is 755. The molecule has 0 unspecified atom stereocenters. The second kappa shape index (κ2) is 6.51. The third-order valence-electron chi connectivity index (χ3n) is 2.55. The molecule has 2 rings (SSSR count). The Balaban J connectivity index is 2.28. The molecule has 0 aliphatic rings. The minimum absolute atomic E-state index is 0.199. The van der Waals surface area contributed by atoms with Gasteiger partial charge in [-0.2, -0.15) is 10.5 Å². The van der Waals surface area contributed by atoms with E-state index in [1.807, 2.05) is 12.1 Å². The van der Waals surface area contributed by atoms with E-state index in [1.54, 1.807) is 25.1 Å². The van der Waals surface area contributed by atoms with Crippen LogP contribution in [0.5, 0.6) is 0 Å². The van der Waals surface area contributed by atoms with Crippen molar-refractivity contribution in [1.29, 1.82) is 10.5 Å². The normalized spacial score (nSPS) is 9.48. The van der Waals surface area contributed by atoms with E-state index < -0.39 is 5.97 Å². The van der Waals surface area contributed by atoms with Crippen LogP contribution in [0.25, 0.3) is 0 Å². The third-order valence-corrected chi connectivity index (χ3v) is 3.30. The van der Waals surface area contributed by atoms with Crippen LogP contribution in [0, 0.1) is 22.7 Å². The number of nitrogens with zero attached hydrogens (tertiary/aromatic N) is 3. The van der Waals surface area contributed by atoms with Gasteiger partial charge >= 0.3 is 5.97 Å². The highest BCUT2D eigenvalue weighted by molar-refractivity contribution is 7.14. The Morgan fingerprint density at radius 1 is 1.38 bits per heavy atom. The van der Waals surface area contributed by atoms with Crippen LogP contribution in [-0.4, -0.2) is 17.6 Å². The molecule has 0 aliphatic heterocycles. The molecular formula is C14H10N4O2S. The Kier molecular flexibility index (Phi) is 4.50. The number of ether oxygens (including phenoxy) is 1. The summed E-state index contributed by atoms with van der Waals surface area (Å²) in [5, 5.41) is 21.4. The standard InChI is InChI=1S/C14H10N4O2S/c1-2-20-14(19)12-13(21-8-17-12)18-11-4-3-9(6-15)10(5-11)7-16/h3-5,8,18H,2H2,1H3. The number of hydrogen-bond donors (Lipinski definition) is 1. The molecule has 2 aromatic rings. The number of thiazole rings is 1. The lowest BCUT2D eigenvalue weighted by atomic mass is 10.1. The topological polar surface area (TPSA) is 98.8 Å². The first-order chi connectivity index (χ1) is 10.2. The van der Waals surface area contributed by atoms with E-state index in [2.05, 4.69) is 10.3 Å². The van der Waals surface area contributed by atoms with Gasteiger partial charge in [-0.15, -0.1) is 11.3 Å². The molecule has 1 aromatic carbocycles. The number of rotatable bonds is 4. The number of nitrogens with one attached hydrogen (secondary N) is 1. The number of hydrogen-bond acceptors (Lipinski definition) is 7. The zero-order chi connectivity index (χ0) is 15.2. The first-order valence-electron chi connectivity index (χ1n) is 6.01. The minimum Gasteiger partial charge on any atom is -0.461 e. The molecule has 0 saturated carbocycles. The summed E-state index contributed by atoms with van der Waals surface area (Å²) in [5.41, 5.74) is 2.90. The highest BCUT2D eigenvalue weighted by atomic mass is 32.1. The number of benzene rings is 1. The third kappa shape index (κ3) is 3.16.